The van der Waals surface area contributed by atoms with Gasteiger partial charge in [-0.2, -0.15) is 5.26 Å². The number of ketones is 1. The standard InChI is InChI=1S/C23H22FN3O5/c1-14(2)20-11-26-21(32-20)13-31-19-5-4-17(24)9-18(19)22(28)16-8-15(10-25)23(29)27(12-16)6-7-30-3/h4-5,8-9,11-12,14H,6-7,13H2,1-3H3. The number of nitrogens with zero attached hydrogens (tertiary/aromatic N) is 3. The van der Waals surface area contributed by atoms with E-state index in [0.29, 0.717) is 11.7 Å². The van der Waals surface area contributed by atoms with Gasteiger partial charge in [-0.05, 0) is 24.3 Å². The van der Waals surface area contributed by atoms with E-state index in [2.05, 4.69) is 4.98 Å². The molecule has 2 aromatic heterocycles. The zero-order valence-electron chi connectivity index (χ0n) is 17.9. The van der Waals surface area contributed by atoms with Gasteiger partial charge in [0.15, 0.2) is 12.4 Å². The highest BCUT2D eigenvalue weighted by Gasteiger charge is 2.20. The lowest BCUT2D eigenvalue weighted by atomic mass is 10.0. The molecule has 2 heterocycles. The molecule has 0 saturated heterocycles. The molecule has 0 amide bonds. The van der Waals surface area contributed by atoms with Gasteiger partial charge in [-0.3, -0.25) is 9.59 Å². The number of hydrogen-bond acceptors (Lipinski definition) is 7. The Hall–Kier alpha value is -3.77. The van der Waals surface area contributed by atoms with Gasteiger partial charge in [0.05, 0.1) is 18.4 Å². The number of rotatable bonds is 9. The molecule has 0 aliphatic heterocycles. The van der Waals surface area contributed by atoms with Crippen molar-refractivity contribution in [3.05, 3.63) is 81.2 Å². The summed E-state index contributed by atoms with van der Waals surface area (Å²) in [6.45, 7) is 4.23. The Balaban J connectivity index is 1.93. The number of hydrogen-bond donors (Lipinski definition) is 0. The molecule has 0 fully saturated rings. The van der Waals surface area contributed by atoms with Gasteiger partial charge in [-0.1, -0.05) is 13.8 Å². The van der Waals surface area contributed by atoms with Crippen molar-refractivity contribution >= 4 is 5.78 Å². The van der Waals surface area contributed by atoms with Crippen LogP contribution in [0.5, 0.6) is 5.75 Å². The van der Waals surface area contributed by atoms with Gasteiger partial charge in [0.25, 0.3) is 5.56 Å². The highest BCUT2D eigenvalue weighted by molar-refractivity contribution is 6.10. The van der Waals surface area contributed by atoms with Crippen LogP contribution in [-0.2, 0) is 17.9 Å². The van der Waals surface area contributed by atoms with E-state index in [0.717, 1.165) is 6.07 Å². The maximum absolute atomic E-state index is 14.0. The third kappa shape index (κ3) is 5.10. The molecule has 8 nitrogen and oxygen atoms in total. The number of carbonyl (C=O) groups is 1. The average Bonchev–Trinajstić information content (AvgIpc) is 3.26. The van der Waals surface area contributed by atoms with Crippen LogP contribution < -0.4 is 10.3 Å². The molecule has 9 heteroatoms. The number of oxazole rings is 1. The van der Waals surface area contributed by atoms with Crippen molar-refractivity contribution in [1.82, 2.24) is 9.55 Å². The van der Waals surface area contributed by atoms with Crippen LogP contribution in [0.25, 0.3) is 0 Å². The Labute approximate surface area is 183 Å². The van der Waals surface area contributed by atoms with E-state index in [-0.39, 0.29) is 48.1 Å². The molecule has 0 atom stereocenters. The van der Waals surface area contributed by atoms with E-state index in [4.69, 9.17) is 13.9 Å². The molecular weight excluding hydrogens is 417 g/mol. The number of benzene rings is 1. The minimum Gasteiger partial charge on any atom is -0.483 e. The molecule has 0 spiro atoms. The van der Waals surface area contributed by atoms with Crippen molar-refractivity contribution in [2.45, 2.75) is 32.9 Å². The molecule has 0 aliphatic carbocycles. The predicted octanol–water partition coefficient (Wildman–Crippen LogP) is 3.43. The summed E-state index contributed by atoms with van der Waals surface area (Å²) in [7, 11) is 1.47. The first-order valence-electron chi connectivity index (χ1n) is 9.89. The van der Waals surface area contributed by atoms with Gasteiger partial charge in [-0.15, -0.1) is 0 Å². The maximum atomic E-state index is 14.0. The molecule has 3 aromatic rings. The first kappa shape index (κ1) is 22.9. The van der Waals surface area contributed by atoms with Crippen LogP contribution in [0.3, 0.4) is 0 Å². The number of methoxy groups -OCH3 is 1. The summed E-state index contributed by atoms with van der Waals surface area (Å²) in [6, 6.07) is 6.52. The summed E-state index contributed by atoms with van der Waals surface area (Å²) in [4.78, 5) is 29.6. The summed E-state index contributed by atoms with van der Waals surface area (Å²) >= 11 is 0. The Bertz CT molecular complexity index is 1220. The molecule has 0 N–H and O–H groups in total. The van der Waals surface area contributed by atoms with Gasteiger partial charge in [0.2, 0.25) is 5.89 Å². The van der Waals surface area contributed by atoms with Gasteiger partial charge >= 0.3 is 0 Å². The minimum atomic E-state index is -0.632. The largest absolute Gasteiger partial charge is 0.483 e. The van der Waals surface area contributed by atoms with Crippen LogP contribution in [0.4, 0.5) is 4.39 Å². The first-order chi connectivity index (χ1) is 15.3. The molecule has 0 radical (unpaired) electrons. The highest BCUT2D eigenvalue weighted by atomic mass is 19.1. The monoisotopic (exact) mass is 439 g/mol. The van der Waals surface area contributed by atoms with Crippen LogP contribution in [0.2, 0.25) is 0 Å². The summed E-state index contributed by atoms with van der Waals surface area (Å²) < 4.78 is 31.4. The summed E-state index contributed by atoms with van der Waals surface area (Å²) in [6.07, 6.45) is 2.93. The van der Waals surface area contributed by atoms with Gasteiger partial charge in [0, 0.05) is 31.3 Å². The Kier molecular flexibility index (Phi) is 7.18. The number of nitriles is 1. The van der Waals surface area contributed by atoms with E-state index < -0.39 is 17.2 Å². The van der Waals surface area contributed by atoms with E-state index >= 15 is 0 Å². The molecule has 166 valence electrons. The SMILES string of the molecule is COCCn1cc(C(=O)c2cc(F)ccc2OCc2ncc(C(C)C)o2)cc(C#N)c1=O. The topological polar surface area (TPSA) is 107 Å². The molecule has 0 unspecified atom stereocenters. The summed E-state index contributed by atoms with van der Waals surface area (Å²) in [5, 5.41) is 9.29. The molecule has 1 aromatic carbocycles. The van der Waals surface area contributed by atoms with Crippen LogP contribution in [-0.4, -0.2) is 29.1 Å². The normalized spacial score (nSPS) is 10.9. The predicted molar refractivity (Wildman–Crippen MR) is 112 cm³/mol. The fourth-order valence-electron chi connectivity index (χ4n) is 2.95. The fourth-order valence-corrected chi connectivity index (χ4v) is 2.95. The van der Waals surface area contributed by atoms with Crippen LogP contribution in [0, 0.1) is 17.1 Å². The zero-order chi connectivity index (χ0) is 23.3. The lowest BCUT2D eigenvalue weighted by Crippen LogP contribution is -2.25. The second-order valence-corrected chi connectivity index (χ2v) is 7.31. The summed E-state index contributed by atoms with van der Waals surface area (Å²) in [5.74, 6) is 0.0541. The third-order valence-corrected chi connectivity index (χ3v) is 4.68. The van der Waals surface area contributed by atoms with Crippen LogP contribution in [0.15, 0.2) is 45.9 Å². The third-order valence-electron chi connectivity index (χ3n) is 4.68. The first-order valence-corrected chi connectivity index (χ1v) is 9.89. The van der Waals surface area contributed by atoms with Crippen molar-refractivity contribution in [3.8, 4) is 11.8 Å². The van der Waals surface area contributed by atoms with Crippen LogP contribution in [0.1, 0.15) is 52.9 Å². The van der Waals surface area contributed by atoms with Crippen molar-refractivity contribution in [1.29, 1.82) is 5.26 Å². The maximum Gasteiger partial charge on any atom is 0.268 e. The molecule has 0 aliphatic rings. The lowest BCUT2D eigenvalue weighted by molar-refractivity contribution is 0.103. The van der Waals surface area contributed by atoms with E-state index in [1.165, 1.54) is 36.1 Å². The number of halogens is 1. The van der Waals surface area contributed by atoms with Gasteiger partial charge in [-0.25, -0.2) is 9.37 Å². The molecule has 0 saturated carbocycles. The lowest BCUT2D eigenvalue weighted by Gasteiger charge is -2.12. The number of pyridine rings is 1. The molecule has 3 rings (SSSR count). The molecule has 32 heavy (non-hydrogen) atoms. The Morgan fingerprint density at radius 3 is 2.78 bits per heavy atom. The van der Waals surface area contributed by atoms with Crippen molar-refractivity contribution in [2.24, 2.45) is 0 Å². The second-order valence-electron chi connectivity index (χ2n) is 7.31. The zero-order valence-corrected chi connectivity index (χ0v) is 17.9. The van der Waals surface area contributed by atoms with Crippen molar-refractivity contribution < 1.29 is 23.1 Å². The number of aromatic nitrogens is 2. The Morgan fingerprint density at radius 1 is 1.34 bits per heavy atom. The highest BCUT2D eigenvalue weighted by Crippen LogP contribution is 2.25. The van der Waals surface area contributed by atoms with E-state index in [1.807, 2.05) is 13.8 Å². The average molecular weight is 439 g/mol. The molecule has 0 bridgehead atoms. The smallest absolute Gasteiger partial charge is 0.268 e. The van der Waals surface area contributed by atoms with Crippen LogP contribution >= 0.6 is 0 Å². The fraction of sp³-hybridized carbons (Fsp3) is 0.304. The van der Waals surface area contributed by atoms with Gasteiger partial charge < -0.3 is 18.5 Å². The van der Waals surface area contributed by atoms with Gasteiger partial charge in [0.1, 0.15) is 29.0 Å². The Morgan fingerprint density at radius 2 is 2.12 bits per heavy atom. The quantitative estimate of drug-likeness (QED) is 0.470. The van der Waals surface area contributed by atoms with E-state index in [9.17, 15) is 19.2 Å². The molecular formula is C23H22FN3O5. The van der Waals surface area contributed by atoms with Crippen molar-refractivity contribution in [3.63, 3.8) is 0 Å². The minimum absolute atomic E-state index is 0.0471. The number of ether oxygens (including phenoxy) is 2. The van der Waals surface area contributed by atoms with E-state index in [1.54, 1.807) is 12.3 Å². The van der Waals surface area contributed by atoms with Crippen molar-refractivity contribution in [2.75, 3.05) is 13.7 Å². The second kappa shape index (κ2) is 10.0. The number of carbonyl (C=O) groups excluding carboxylic acids is 1. The summed E-state index contributed by atoms with van der Waals surface area (Å²) in [5.41, 5.74) is -0.749.